The molecule has 15 heavy (non-hydrogen) atoms. The second kappa shape index (κ2) is 5.97. The molecule has 0 fully saturated rings. The van der Waals surface area contributed by atoms with Crippen molar-refractivity contribution in [3.8, 4) is 0 Å². The van der Waals surface area contributed by atoms with Crippen molar-refractivity contribution < 1.29 is 4.79 Å². The molecule has 1 aromatic carbocycles. The molecule has 0 aliphatic heterocycles. The minimum atomic E-state index is -0.125. The van der Waals surface area contributed by atoms with Crippen LogP contribution in [0.5, 0.6) is 0 Å². The summed E-state index contributed by atoms with van der Waals surface area (Å²) in [5.74, 6) is 0.148. The molecular formula is C11H13BrOS2. The van der Waals surface area contributed by atoms with Crippen molar-refractivity contribution in [1.82, 2.24) is 0 Å². The first-order valence-corrected chi connectivity index (χ1v) is 7.87. The lowest BCUT2D eigenvalue weighted by Crippen LogP contribution is -2.11. The van der Waals surface area contributed by atoms with Gasteiger partial charge in [-0.25, -0.2) is 0 Å². The van der Waals surface area contributed by atoms with E-state index < -0.39 is 0 Å². The molecule has 0 aromatic heterocycles. The molecular weight excluding hydrogens is 292 g/mol. The van der Waals surface area contributed by atoms with E-state index in [9.17, 15) is 4.79 Å². The number of benzene rings is 1. The maximum atomic E-state index is 11.9. The van der Waals surface area contributed by atoms with Gasteiger partial charge < -0.3 is 0 Å². The molecule has 1 nitrogen and oxygen atoms in total. The quantitative estimate of drug-likeness (QED) is 0.474. The van der Waals surface area contributed by atoms with Gasteiger partial charge in [0, 0.05) is 15.4 Å². The predicted molar refractivity (Wildman–Crippen MR) is 72.7 cm³/mol. The van der Waals surface area contributed by atoms with Crippen LogP contribution in [0.15, 0.2) is 28.0 Å². The summed E-state index contributed by atoms with van der Waals surface area (Å²) in [4.78, 5) is 14.1. The van der Waals surface area contributed by atoms with Gasteiger partial charge in [0.2, 0.25) is 0 Å². The molecule has 0 bridgehead atoms. The van der Waals surface area contributed by atoms with Gasteiger partial charge in [-0.2, -0.15) is 0 Å². The van der Waals surface area contributed by atoms with Gasteiger partial charge in [-0.05, 0) is 25.5 Å². The molecule has 0 heterocycles. The van der Waals surface area contributed by atoms with E-state index in [1.54, 1.807) is 23.5 Å². The summed E-state index contributed by atoms with van der Waals surface area (Å²) in [5.41, 5.74) is 0.818. The highest BCUT2D eigenvalue weighted by atomic mass is 79.9. The van der Waals surface area contributed by atoms with Gasteiger partial charge in [0.1, 0.15) is 0 Å². The van der Waals surface area contributed by atoms with Crippen LogP contribution in [0.3, 0.4) is 0 Å². The Kier molecular flexibility index (Phi) is 5.23. The van der Waals surface area contributed by atoms with Gasteiger partial charge in [-0.15, -0.1) is 23.5 Å². The molecule has 0 radical (unpaired) electrons. The highest BCUT2D eigenvalue weighted by Gasteiger charge is 2.17. The number of halogens is 1. The van der Waals surface area contributed by atoms with Crippen molar-refractivity contribution in [1.29, 1.82) is 0 Å². The van der Waals surface area contributed by atoms with Crippen LogP contribution in [0, 0.1) is 0 Å². The minimum Gasteiger partial charge on any atom is -0.293 e. The molecule has 0 aliphatic rings. The van der Waals surface area contributed by atoms with Crippen molar-refractivity contribution in [2.24, 2.45) is 0 Å². The zero-order valence-electron chi connectivity index (χ0n) is 8.91. The molecule has 4 heteroatoms. The van der Waals surface area contributed by atoms with Crippen LogP contribution in [0.4, 0.5) is 0 Å². The monoisotopic (exact) mass is 304 g/mol. The van der Waals surface area contributed by atoms with Crippen molar-refractivity contribution in [3.63, 3.8) is 0 Å². The van der Waals surface area contributed by atoms with E-state index in [1.807, 2.05) is 37.6 Å². The van der Waals surface area contributed by atoms with Gasteiger partial charge in [0.05, 0.1) is 4.83 Å². The third kappa shape index (κ3) is 3.02. The van der Waals surface area contributed by atoms with Gasteiger partial charge in [-0.3, -0.25) is 4.79 Å². The van der Waals surface area contributed by atoms with Gasteiger partial charge in [-0.1, -0.05) is 28.1 Å². The van der Waals surface area contributed by atoms with E-state index in [2.05, 4.69) is 15.9 Å². The molecule has 0 amide bonds. The van der Waals surface area contributed by atoms with Crippen LogP contribution >= 0.6 is 39.5 Å². The summed E-state index contributed by atoms with van der Waals surface area (Å²) in [6.07, 6.45) is 4.03. The smallest absolute Gasteiger partial charge is 0.177 e. The summed E-state index contributed by atoms with van der Waals surface area (Å²) < 4.78 is 0. The zero-order valence-corrected chi connectivity index (χ0v) is 12.1. The minimum absolute atomic E-state index is 0.125. The fraction of sp³-hybridized carbons (Fsp3) is 0.364. The maximum absolute atomic E-state index is 11.9. The Bertz CT molecular complexity index is 364. The SMILES string of the molecule is CSc1cccc(C(=O)C(C)Br)c1SC. The lowest BCUT2D eigenvalue weighted by molar-refractivity contribution is 0.0992. The van der Waals surface area contributed by atoms with Crippen LogP contribution in [-0.4, -0.2) is 23.1 Å². The van der Waals surface area contributed by atoms with Crippen LogP contribution in [-0.2, 0) is 0 Å². The lowest BCUT2D eigenvalue weighted by Gasteiger charge is -2.11. The molecule has 1 unspecified atom stereocenters. The molecule has 0 N–H and O–H groups in total. The predicted octanol–water partition coefficient (Wildman–Crippen LogP) is 4.10. The molecule has 1 atom stereocenters. The molecule has 0 aliphatic carbocycles. The Morgan fingerprint density at radius 1 is 1.33 bits per heavy atom. The number of ketones is 1. The van der Waals surface area contributed by atoms with Crippen molar-refractivity contribution >= 4 is 45.2 Å². The van der Waals surface area contributed by atoms with Crippen LogP contribution in [0.25, 0.3) is 0 Å². The Labute approximate surface area is 108 Å². The Hall–Kier alpha value is 0.0700. The number of hydrogen-bond donors (Lipinski definition) is 0. The van der Waals surface area contributed by atoms with E-state index in [4.69, 9.17) is 0 Å². The van der Waals surface area contributed by atoms with E-state index in [-0.39, 0.29) is 10.6 Å². The Balaban J connectivity index is 3.23. The first-order valence-electron chi connectivity index (χ1n) is 4.51. The number of rotatable bonds is 4. The van der Waals surface area contributed by atoms with Crippen molar-refractivity contribution in [3.05, 3.63) is 23.8 Å². The van der Waals surface area contributed by atoms with Crippen molar-refractivity contribution in [2.45, 2.75) is 21.5 Å². The van der Waals surface area contributed by atoms with Gasteiger partial charge in [0.15, 0.2) is 5.78 Å². The molecule has 0 spiro atoms. The maximum Gasteiger partial charge on any atom is 0.177 e. The van der Waals surface area contributed by atoms with Crippen molar-refractivity contribution in [2.75, 3.05) is 12.5 Å². The van der Waals surface area contributed by atoms with Gasteiger partial charge >= 0.3 is 0 Å². The first kappa shape index (κ1) is 13.1. The molecule has 1 rings (SSSR count). The molecule has 1 aromatic rings. The van der Waals surface area contributed by atoms with E-state index in [0.29, 0.717) is 0 Å². The Morgan fingerprint density at radius 3 is 2.47 bits per heavy atom. The number of alkyl halides is 1. The highest BCUT2D eigenvalue weighted by molar-refractivity contribution is 9.10. The first-order chi connectivity index (χ1) is 7.11. The van der Waals surface area contributed by atoms with E-state index in [1.165, 1.54) is 4.90 Å². The third-order valence-electron chi connectivity index (χ3n) is 2.03. The number of carbonyl (C=O) groups is 1. The number of Topliss-reactive ketones (excluding diaryl/α,β-unsaturated/α-hetero) is 1. The van der Waals surface area contributed by atoms with Crippen LogP contribution in [0.1, 0.15) is 17.3 Å². The zero-order chi connectivity index (χ0) is 11.4. The fourth-order valence-electron chi connectivity index (χ4n) is 1.30. The molecule has 0 saturated heterocycles. The molecule has 82 valence electrons. The number of thioether (sulfide) groups is 2. The number of hydrogen-bond acceptors (Lipinski definition) is 3. The van der Waals surface area contributed by atoms with Crippen LogP contribution in [0.2, 0.25) is 0 Å². The summed E-state index contributed by atoms with van der Waals surface area (Å²) in [5, 5.41) is 0. The molecule has 0 saturated carbocycles. The normalized spacial score (nSPS) is 12.5. The average molecular weight is 305 g/mol. The van der Waals surface area contributed by atoms with E-state index >= 15 is 0 Å². The van der Waals surface area contributed by atoms with Gasteiger partial charge in [0.25, 0.3) is 0 Å². The summed E-state index contributed by atoms with van der Waals surface area (Å²) in [7, 11) is 0. The summed E-state index contributed by atoms with van der Waals surface area (Å²) in [6, 6.07) is 5.88. The summed E-state index contributed by atoms with van der Waals surface area (Å²) in [6.45, 7) is 1.86. The standard InChI is InChI=1S/C11H13BrOS2/c1-7(12)10(13)8-5-4-6-9(14-2)11(8)15-3/h4-7H,1-3H3. The fourth-order valence-corrected chi connectivity index (χ4v) is 3.21. The second-order valence-corrected chi connectivity index (χ2v) is 6.06. The number of carbonyl (C=O) groups excluding carboxylic acids is 1. The Morgan fingerprint density at radius 2 is 2.00 bits per heavy atom. The lowest BCUT2D eigenvalue weighted by atomic mass is 10.1. The highest BCUT2D eigenvalue weighted by Crippen LogP contribution is 2.32. The third-order valence-corrected chi connectivity index (χ3v) is 4.20. The van der Waals surface area contributed by atoms with E-state index in [0.717, 1.165) is 10.5 Å². The van der Waals surface area contributed by atoms with Crippen LogP contribution < -0.4 is 0 Å². The topological polar surface area (TPSA) is 17.1 Å². The average Bonchev–Trinajstić information content (AvgIpc) is 2.26. The largest absolute Gasteiger partial charge is 0.293 e. The second-order valence-electron chi connectivity index (χ2n) is 3.02. The summed E-state index contributed by atoms with van der Waals surface area (Å²) >= 11 is 6.63.